The molecule has 24 heavy (non-hydrogen) atoms. The maximum absolute atomic E-state index is 10.8. The molecule has 1 aliphatic rings. The molecule has 0 aromatic rings. The van der Waals surface area contributed by atoms with Gasteiger partial charge in [-0.05, 0) is 43.4 Å². The van der Waals surface area contributed by atoms with Crippen molar-refractivity contribution < 1.29 is 19.4 Å². The standard InChI is InChI=1S/C20H38O4/c1-16(13-18(21)22)14-19(3,4)10-8-6-7-9-17(2)20(5)15-23-11-12-24-20/h16-17H,6-15H2,1-5H3,(H,21,22). The summed E-state index contributed by atoms with van der Waals surface area (Å²) in [6.07, 6.45) is 7.28. The van der Waals surface area contributed by atoms with E-state index in [1.54, 1.807) is 0 Å². The van der Waals surface area contributed by atoms with Crippen LogP contribution in [-0.4, -0.2) is 36.5 Å². The van der Waals surface area contributed by atoms with Crippen molar-refractivity contribution >= 4 is 5.97 Å². The summed E-state index contributed by atoms with van der Waals surface area (Å²) in [5.41, 5.74) is 0.108. The number of unbranched alkanes of at least 4 members (excludes halogenated alkanes) is 2. The van der Waals surface area contributed by atoms with Gasteiger partial charge in [-0.15, -0.1) is 0 Å². The number of hydrogen-bond donors (Lipinski definition) is 1. The Morgan fingerprint density at radius 1 is 1.21 bits per heavy atom. The predicted octanol–water partition coefficient (Wildman–Crippen LogP) is 4.91. The molecule has 0 saturated carbocycles. The molecule has 0 spiro atoms. The minimum atomic E-state index is -0.685. The van der Waals surface area contributed by atoms with E-state index in [9.17, 15) is 4.79 Å². The summed E-state index contributed by atoms with van der Waals surface area (Å²) >= 11 is 0. The molecule has 0 bridgehead atoms. The van der Waals surface area contributed by atoms with Crippen LogP contribution in [0.3, 0.4) is 0 Å². The number of carboxylic acids is 1. The van der Waals surface area contributed by atoms with Crippen molar-refractivity contribution in [3.63, 3.8) is 0 Å². The quantitative estimate of drug-likeness (QED) is 0.542. The van der Waals surface area contributed by atoms with Gasteiger partial charge in [-0.1, -0.05) is 47.0 Å². The zero-order valence-electron chi connectivity index (χ0n) is 16.4. The van der Waals surface area contributed by atoms with E-state index in [1.165, 1.54) is 32.1 Å². The van der Waals surface area contributed by atoms with Crippen molar-refractivity contribution in [2.45, 2.75) is 85.2 Å². The molecule has 0 amide bonds. The summed E-state index contributed by atoms with van der Waals surface area (Å²) in [5.74, 6) is 0.0806. The fourth-order valence-corrected chi connectivity index (χ4v) is 3.89. The first-order chi connectivity index (χ1) is 11.1. The van der Waals surface area contributed by atoms with Crippen LogP contribution >= 0.6 is 0 Å². The summed E-state index contributed by atoms with van der Waals surface area (Å²) < 4.78 is 11.5. The summed E-state index contributed by atoms with van der Waals surface area (Å²) in [4.78, 5) is 10.8. The molecule has 0 aromatic heterocycles. The van der Waals surface area contributed by atoms with Crippen LogP contribution in [0.15, 0.2) is 0 Å². The Balaban J connectivity index is 2.19. The highest BCUT2D eigenvalue weighted by atomic mass is 16.6. The molecule has 4 heteroatoms. The third kappa shape index (κ3) is 7.98. The molecular weight excluding hydrogens is 304 g/mol. The second kappa shape index (κ2) is 9.76. The van der Waals surface area contributed by atoms with E-state index in [4.69, 9.17) is 14.6 Å². The van der Waals surface area contributed by atoms with Crippen molar-refractivity contribution in [3.05, 3.63) is 0 Å². The maximum Gasteiger partial charge on any atom is 0.303 e. The molecule has 1 aliphatic heterocycles. The van der Waals surface area contributed by atoms with Gasteiger partial charge in [0.05, 0.1) is 25.4 Å². The molecule has 0 aromatic carbocycles. The van der Waals surface area contributed by atoms with Gasteiger partial charge in [0.15, 0.2) is 0 Å². The van der Waals surface area contributed by atoms with Gasteiger partial charge < -0.3 is 14.6 Å². The predicted molar refractivity (Wildman–Crippen MR) is 97.2 cm³/mol. The number of carboxylic acid groups (broad SMARTS) is 1. The van der Waals surface area contributed by atoms with Gasteiger partial charge in [0.1, 0.15) is 0 Å². The summed E-state index contributed by atoms with van der Waals surface area (Å²) in [5, 5.41) is 8.89. The van der Waals surface area contributed by atoms with Crippen molar-refractivity contribution in [1.29, 1.82) is 0 Å². The number of rotatable bonds is 11. The topological polar surface area (TPSA) is 55.8 Å². The van der Waals surface area contributed by atoms with E-state index >= 15 is 0 Å². The fourth-order valence-electron chi connectivity index (χ4n) is 3.89. The number of carbonyl (C=O) groups is 1. The van der Waals surface area contributed by atoms with Gasteiger partial charge in [0.2, 0.25) is 0 Å². The molecule has 0 radical (unpaired) electrons. The smallest absolute Gasteiger partial charge is 0.303 e. The molecule has 1 N–H and O–H groups in total. The van der Waals surface area contributed by atoms with Crippen LogP contribution in [-0.2, 0) is 14.3 Å². The Hall–Kier alpha value is -0.610. The van der Waals surface area contributed by atoms with Crippen LogP contribution in [0.1, 0.15) is 79.6 Å². The molecule has 3 atom stereocenters. The SMILES string of the molecule is CC(CC(=O)O)CC(C)(C)CCCCCC(C)C1(C)COCCO1. The average Bonchev–Trinajstić information content (AvgIpc) is 2.45. The Labute approximate surface area is 148 Å². The molecular formula is C20H38O4. The van der Waals surface area contributed by atoms with Crippen molar-refractivity contribution in [1.82, 2.24) is 0 Å². The van der Waals surface area contributed by atoms with Crippen molar-refractivity contribution in [2.24, 2.45) is 17.3 Å². The molecule has 142 valence electrons. The lowest BCUT2D eigenvalue weighted by Gasteiger charge is -2.38. The molecule has 1 fully saturated rings. The summed E-state index contributed by atoms with van der Waals surface area (Å²) in [7, 11) is 0. The first kappa shape index (κ1) is 21.4. The van der Waals surface area contributed by atoms with E-state index in [0.717, 1.165) is 13.0 Å². The van der Waals surface area contributed by atoms with Gasteiger partial charge in [-0.2, -0.15) is 0 Å². The second-order valence-corrected chi connectivity index (χ2v) is 8.79. The van der Waals surface area contributed by atoms with E-state index in [1.807, 2.05) is 6.92 Å². The minimum absolute atomic E-state index is 0.121. The number of ether oxygens (including phenoxy) is 2. The van der Waals surface area contributed by atoms with E-state index in [-0.39, 0.29) is 23.4 Å². The highest BCUT2D eigenvalue weighted by Gasteiger charge is 2.34. The Morgan fingerprint density at radius 3 is 2.50 bits per heavy atom. The Kier molecular flexibility index (Phi) is 8.72. The Morgan fingerprint density at radius 2 is 1.92 bits per heavy atom. The van der Waals surface area contributed by atoms with E-state index in [2.05, 4.69) is 27.7 Å². The molecule has 0 aliphatic carbocycles. The first-order valence-corrected chi connectivity index (χ1v) is 9.58. The third-order valence-corrected chi connectivity index (χ3v) is 5.51. The highest BCUT2D eigenvalue weighted by Crippen LogP contribution is 2.33. The molecule has 3 unspecified atom stereocenters. The van der Waals surface area contributed by atoms with Crippen molar-refractivity contribution in [3.8, 4) is 0 Å². The van der Waals surface area contributed by atoms with Crippen LogP contribution in [0.25, 0.3) is 0 Å². The van der Waals surface area contributed by atoms with Gasteiger partial charge >= 0.3 is 5.97 Å². The van der Waals surface area contributed by atoms with Gasteiger partial charge in [0, 0.05) is 6.42 Å². The molecule has 4 nitrogen and oxygen atoms in total. The fraction of sp³-hybridized carbons (Fsp3) is 0.950. The molecule has 1 rings (SSSR count). The van der Waals surface area contributed by atoms with Gasteiger partial charge in [-0.25, -0.2) is 0 Å². The molecule has 1 saturated heterocycles. The van der Waals surface area contributed by atoms with Gasteiger partial charge in [0.25, 0.3) is 0 Å². The minimum Gasteiger partial charge on any atom is -0.481 e. The monoisotopic (exact) mass is 342 g/mol. The average molecular weight is 343 g/mol. The summed E-state index contributed by atoms with van der Waals surface area (Å²) in [6.45, 7) is 13.2. The first-order valence-electron chi connectivity index (χ1n) is 9.58. The van der Waals surface area contributed by atoms with Crippen LogP contribution in [0, 0.1) is 17.3 Å². The van der Waals surface area contributed by atoms with Crippen LogP contribution in [0.5, 0.6) is 0 Å². The summed E-state index contributed by atoms with van der Waals surface area (Å²) in [6, 6.07) is 0. The maximum atomic E-state index is 10.8. The highest BCUT2D eigenvalue weighted by molar-refractivity contribution is 5.66. The lowest BCUT2D eigenvalue weighted by atomic mass is 9.78. The van der Waals surface area contributed by atoms with Crippen LogP contribution in [0.4, 0.5) is 0 Å². The number of aliphatic carboxylic acids is 1. The molecule has 1 heterocycles. The normalized spacial score (nSPS) is 24.5. The zero-order chi connectivity index (χ0) is 18.2. The lowest BCUT2D eigenvalue weighted by molar-refractivity contribution is -0.172. The largest absolute Gasteiger partial charge is 0.481 e. The lowest BCUT2D eigenvalue weighted by Crippen LogP contribution is -2.45. The second-order valence-electron chi connectivity index (χ2n) is 8.79. The van der Waals surface area contributed by atoms with Gasteiger partial charge in [-0.3, -0.25) is 4.79 Å². The van der Waals surface area contributed by atoms with Crippen LogP contribution in [0.2, 0.25) is 0 Å². The zero-order valence-corrected chi connectivity index (χ0v) is 16.4. The van der Waals surface area contributed by atoms with Crippen molar-refractivity contribution in [2.75, 3.05) is 19.8 Å². The third-order valence-electron chi connectivity index (χ3n) is 5.51. The number of hydrogen-bond acceptors (Lipinski definition) is 3. The van der Waals surface area contributed by atoms with E-state index in [0.29, 0.717) is 19.1 Å². The van der Waals surface area contributed by atoms with E-state index < -0.39 is 5.97 Å². The van der Waals surface area contributed by atoms with Crippen LogP contribution < -0.4 is 0 Å². The Bertz CT molecular complexity index is 372.